The zero-order valence-electron chi connectivity index (χ0n) is 7.24. The van der Waals surface area contributed by atoms with Crippen molar-refractivity contribution < 1.29 is 13.2 Å². The monoisotopic (exact) mass is 267 g/mol. The van der Waals surface area contributed by atoms with Crippen molar-refractivity contribution in [1.82, 2.24) is 0 Å². The predicted octanol–water partition coefficient (Wildman–Crippen LogP) is 3.03. The molecule has 0 radical (unpaired) electrons. The average molecular weight is 268 g/mol. The summed E-state index contributed by atoms with van der Waals surface area (Å²) in [6.45, 7) is -0.187. The molecule has 1 aromatic carbocycles. The van der Waals surface area contributed by atoms with E-state index < -0.39 is 23.7 Å². The molecule has 0 aliphatic carbocycles. The highest BCUT2D eigenvalue weighted by Crippen LogP contribution is 2.37. The number of halogens is 4. The lowest BCUT2D eigenvalue weighted by Crippen LogP contribution is -2.20. The molecule has 0 bridgehead atoms. The number of rotatable bonds is 3. The third-order valence-electron chi connectivity index (χ3n) is 1.79. The molecule has 0 amide bonds. The smallest absolute Gasteiger partial charge is 0.278 e. The fourth-order valence-electron chi connectivity index (χ4n) is 1.15. The van der Waals surface area contributed by atoms with Gasteiger partial charge in [-0.1, -0.05) is 22.0 Å². The van der Waals surface area contributed by atoms with Crippen LogP contribution in [0.2, 0.25) is 0 Å². The highest BCUT2D eigenvalue weighted by atomic mass is 79.9. The Bertz CT molecular complexity index is 308. The van der Waals surface area contributed by atoms with Gasteiger partial charge in [-0.15, -0.1) is 0 Å². The highest BCUT2D eigenvalue weighted by molar-refractivity contribution is 9.10. The number of hydrogen-bond donors (Lipinski definition) is 1. The summed E-state index contributed by atoms with van der Waals surface area (Å²) in [6, 6.07) is 3.74. The Hall–Kier alpha value is -0.550. The molecular formula is C9H9BrF3N. The molecule has 2 N–H and O–H groups in total. The first kappa shape index (κ1) is 11.5. The van der Waals surface area contributed by atoms with E-state index in [1.54, 1.807) is 0 Å². The lowest BCUT2D eigenvalue weighted by molar-refractivity contribution is -0.0148. The van der Waals surface area contributed by atoms with Crippen molar-refractivity contribution in [3.8, 4) is 0 Å². The first-order valence-electron chi connectivity index (χ1n) is 4.01. The average Bonchev–Trinajstić information content (AvgIpc) is 2.02. The van der Waals surface area contributed by atoms with E-state index in [1.165, 1.54) is 12.1 Å². The minimum Gasteiger partial charge on any atom is -0.330 e. The van der Waals surface area contributed by atoms with Gasteiger partial charge in [0, 0.05) is 10.9 Å². The molecule has 1 aromatic rings. The maximum absolute atomic E-state index is 13.3. The molecule has 0 saturated carbocycles. The van der Waals surface area contributed by atoms with E-state index in [0.717, 1.165) is 6.07 Å². The quantitative estimate of drug-likeness (QED) is 0.895. The third-order valence-corrected chi connectivity index (χ3v) is 2.45. The van der Waals surface area contributed by atoms with Crippen molar-refractivity contribution in [3.63, 3.8) is 0 Å². The second-order valence-electron chi connectivity index (χ2n) is 2.84. The van der Waals surface area contributed by atoms with Crippen molar-refractivity contribution in [2.24, 2.45) is 5.73 Å². The van der Waals surface area contributed by atoms with Gasteiger partial charge in [-0.2, -0.15) is 0 Å². The molecule has 14 heavy (non-hydrogen) atoms. The fourth-order valence-corrected chi connectivity index (χ4v) is 1.79. The Labute approximate surface area is 88.2 Å². The SMILES string of the molecule is NCCC(F)(F)c1c(F)cccc1Br. The van der Waals surface area contributed by atoms with Gasteiger partial charge in [0.2, 0.25) is 0 Å². The maximum atomic E-state index is 13.3. The molecule has 0 aliphatic rings. The van der Waals surface area contributed by atoms with Gasteiger partial charge < -0.3 is 5.73 Å². The van der Waals surface area contributed by atoms with Crippen molar-refractivity contribution in [1.29, 1.82) is 0 Å². The topological polar surface area (TPSA) is 26.0 Å². The zero-order chi connectivity index (χ0) is 10.8. The largest absolute Gasteiger partial charge is 0.330 e. The number of hydrogen-bond acceptors (Lipinski definition) is 1. The Morgan fingerprint density at radius 2 is 2.00 bits per heavy atom. The van der Waals surface area contributed by atoms with Gasteiger partial charge in [-0.25, -0.2) is 13.2 Å². The lowest BCUT2D eigenvalue weighted by atomic mass is 10.1. The van der Waals surface area contributed by atoms with E-state index in [4.69, 9.17) is 5.73 Å². The van der Waals surface area contributed by atoms with Crippen LogP contribution in [0.3, 0.4) is 0 Å². The van der Waals surface area contributed by atoms with Gasteiger partial charge in [0.05, 0.1) is 5.56 Å². The molecule has 0 aliphatic heterocycles. The van der Waals surface area contributed by atoms with Crippen LogP contribution in [0, 0.1) is 5.82 Å². The van der Waals surface area contributed by atoms with Crippen LogP contribution < -0.4 is 5.73 Å². The highest BCUT2D eigenvalue weighted by Gasteiger charge is 2.35. The Morgan fingerprint density at radius 3 is 2.50 bits per heavy atom. The van der Waals surface area contributed by atoms with Crippen LogP contribution in [-0.2, 0) is 5.92 Å². The first-order chi connectivity index (χ1) is 6.49. The summed E-state index contributed by atoms with van der Waals surface area (Å²) in [5, 5.41) is 0. The van der Waals surface area contributed by atoms with Crippen molar-refractivity contribution in [2.75, 3.05) is 6.54 Å². The normalized spacial score (nSPS) is 11.8. The van der Waals surface area contributed by atoms with Gasteiger partial charge in [-0.05, 0) is 18.7 Å². The molecule has 0 fully saturated rings. The maximum Gasteiger partial charge on any atom is 0.278 e. The fraction of sp³-hybridized carbons (Fsp3) is 0.333. The number of nitrogens with two attached hydrogens (primary N) is 1. The Morgan fingerprint density at radius 1 is 1.36 bits per heavy atom. The summed E-state index contributed by atoms with van der Waals surface area (Å²) < 4.78 is 39.8. The second-order valence-corrected chi connectivity index (χ2v) is 3.69. The van der Waals surface area contributed by atoms with Crippen molar-refractivity contribution in [3.05, 3.63) is 34.1 Å². The molecule has 0 unspecified atom stereocenters. The van der Waals surface area contributed by atoms with E-state index in [1.807, 2.05) is 0 Å². The van der Waals surface area contributed by atoms with E-state index in [0.29, 0.717) is 0 Å². The zero-order valence-corrected chi connectivity index (χ0v) is 8.82. The van der Waals surface area contributed by atoms with Crippen molar-refractivity contribution in [2.45, 2.75) is 12.3 Å². The number of benzene rings is 1. The molecule has 0 heterocycles. The van der Waals surface area contributed by atoms with Crippen LogP contribution in [0.1, 0.15) is 12.0 Å². The van der Waals surface area contributed by atoms with Crippen LogP contribution in [0.4, 0.5) is 13.2 Å². The second kappa shape index (κ2) is 4.31. The molecule has 5 heteroatoms. The van der Waals surface area contributed by atoms with Gasteiger partial charge in [0.1, 0.15) is 5.82 Å². The van der Waals surface area contributed by atoms with Gasteiger partial charge >= 0.3 is 0 Å². The van der Waals surface area contributed by atoms with Crippen LogP contribution in [0.5, 0.6) is 0 Å². The van der Waals surface area contributed by atoms with Crippen LogP contribution in [0.25, 0.3) is 0 Å². The molecule has 0 atom stereocenters. The van der Waals surface area contributed by atoms with Crippen molar-refractivity contribution >= 4 is 15.9 Å². The van der Waals surface area contributed by atoms with E-state index in [9.17, 15) is 13.2 Å². The Balaban J connectivity index is 3.17. The standard InChI is InChI=1S/C9H9BrF3N/c10-6-2-1-3-7(11)8(6)9(12,13)4-5-14/h1-3H,4-5,14H2. The minimum absolute atomic E-state index is 0.0657. The molecule has 1 rings (SSSR count). The molecule has 78 valence electrons. The van der Waals surface area contributed by atoms with E-state index >= 15 is 0 Å². The van der Waals surface area contributed by atoms with E-state index in [2.05, 4.69) is 15.9 Å². The van der Waals surface area contributed by atoms with Crippen LogP contribution in [-0.4, -0.2) is 6.54 Å². The Kier molecular flexibility index (Phi) is 3.55. The molecule has 1 nitrogen and oxygen atoms in total. The summed E-state index contributed by atoms with van der Waals surface area (Å²) in [7, 11) is 0. The molecule has 0 aromatic heterocycles. The minimum atomic E-state index is -3.22. The van der Waals surface area contributed by atoms with E-state index in [-0.39, 0.29) is 11.0 Å². The summed E-state index contributed by atoms with van der Waals surface area (Å²) in [6.07, 6.45) is -0.563. The van der Waals surface area contributed by atoms with Crippen LogP contribution in [0.15, 0.2) is 22.7 Å². The van der Waals surface area contributed by atoms with Gasteiger partial charge in [-0.3, -0.25) is 0 Å². The molecular weight excluding hydrogens is 259 g/mol. The summed E-state index contributed by atoms with van der Waals surface area (Å²) in [5.41, 5.74) is 4.41. The van der Waals surface area contributed by atoms with Gasteiger partial charge in [0.15, 0.2) is 0 Å². The van der Waals surface area contributed by atoms with Crippen LogP contribution >= 0.6 is 15.9 Å². The lowest BCUT2D eigenvalue weighted by Gasteiger charge is -2.17. The summed E-state index contributed by atoms with van der Waals surface area (Å²) in [4.78, 5) is 0. The summed E-state index contributed by atoms with van der Waals surface area (Å²) >= 11 is 2.89. The molecule has 0 saturated heterocycles. The summed E-state index contributed by atoms with van der Waals surface area (Å²) in [5.74, 6) is -4.14. The third kappa shape index (κ3) is 2.27. The predicted molar refractivity (Wildman–Crippen MR) is 51.7 cm³/mol. The molecule has 0 spiro atoms. The first-order valence-corrected chi connectivity index (χ1v) is 4.80. The number of alkyl halides is 2. The van der Waals surface area contributed by atoms with Gasteiger partial charge in [0.25, 0.3) is 5.92 Å².